The number of methoxy groups -OCH3 is 1. The fourth-order valence-corrected chi connectivity index (χ4v) is 1.61. The van der Waals surface area contributed by atoms with Gasteiger partial charge < -0.3 is 10.1 Å². The van der Waals surface area contributed by atoms with Crippen LogP contribution >= 0.6 is 0 Å². The zero-order valence-corrected chi connectivity index (χ0v) is 8.22. The van der Waals surface area contributed by atoms with Crippen LogP contribution in [0.1, 0.15) is 19.5 Å². The van der Waals surface area contributed by atoms with Crippen LogP contribution in [-0.2, 0) is 5.41 Å². The monoisotopic (exact) mass is 178 g/mol. The predicted octanol–water partition coefficient (Wildman–Crippen LogP) is 1.79. The van der Waals surface area contributed by atoms with Crippen LogP contribution in [0, 0.1) is 0 Å². The number of hydrogen-bond donors (Lipinski definition) is 1. The minimum absolute atomic E-state index is 0.115. The van der Waals surface area contributed by atoms with Crippen molar-refractivity contribution in [2.24, 2.45) is 0 Å². The molecule has 1 aromatic heterocycles. The normalized spacial score (nSPS) is 17.8. The first-order chi connectivity index (χ1) is 6.13. The lowest BCUT2D eigenvalue weighted by Crippen LogP contribution is -2.20. The second-order valence-electron chi connectivity index (χ2n) is 3.99. The molecule has 0 saturated carbocycles. The maximum atomic E-state index is 5.09. The summed E-state index contributed by atoms with van der Waals surface area (Å²) in [5, 5.41) is 3.32. The molecule has 0 fully saturated rings. The molecule has 0 unspecified atom stereocenters. The summed E-state index contributed by atoms with van der Waals surface area (Å²) in [6.45, 7) is 5.30. The quantitative estimate of drug-likeness (QED) is 0.712. The molecule has 2 rings (SSSR count). The van der Waals surface area contributed by atoms with Crippen LogP contribution in [0.15, 0.2) is 12.1 Å². The summed E-state index contributed by atoms with van der Waals surface area (Å²) in [5.41, 5.74) is 2.35. The molecule has 1 aliphatic heterocycles. The van der Waals surface area contributed by atoms with Crippen molar-refractivity contribution in [3.63, 3.8) is 0 Å². The summed E-state index contributed by atoms with van der Waals surface area (Å²) in [6, 6.07) is 3.91. The Morgan fingerprint density at radius 2 is 2.23 bits per heavy atom. The Morgan fingerprint density at radius 3 is 2.92 bits per heavy atom. The average Bonchev–Trinajstić information content (AvgIpc) is 2.42. The van der Waals surface area contributed by atoms with Crippen LogP contribution < -0.4 is 10.1 Å². The summed E-state index contributed by atoms with van der Waals surface area (Å²) in [5.74, 6) is 0.690. The molecule has 13 heavy (non-hydrogen) atoms. The van der Waals surface area contributed by atoms with Gasteiger partial charge in [0.2, 0.25) is 5.88 Å². The van der Waals surface area contributed by atoms with E-state index in [1.807, 2.05) is 12.1 Å². The number of aromatic nitrogens is 1. The third kappa shape index (κ3) is 1.24. The largest absolute Gasteiger partial charge is 0.481 e. The Labute approximate surface area is 78.1 Å². The summed E-state index contributed by atoms with van der Waals surface area (Å²) >= 11 is 0. The van der Waals surface area contributed by atoms with Gasteiger partial charge in [-0.2, -0.15) is 0 Å². The van der Waals surface area contributed by atoms with Gasteiger partial charge in [-0.15, -0.1) is 0 Å². The van der Waals surface area contributed by atoms with Gasteiger partial charge in [-0.25, -0.2) is 4.98 Å². The second-order valence-corrected chi connectivity index (χ2v) is 3.99. The highest BCUT2D eigenvalue weighted by molar-refractivity contribution is 5.57. The Morgan fingerprint density at radius 1 is 1.46 bits per heavy atom. The fourth-order valence-electron chi connectivity index (χ4n) is 1.61. The summed E-state index contributed by atoms with van der Waals surface area (Å²) in [4.78, 5) is 4.44. The summed E-state index contributed by atoms with van der Waals surface area (Å²) in [7, 11) is 1.64. The SMILES string of the molecule is COc1ccc2c(n1)C(C)(C)CN2. The van der Waals surface area contributed by atoms with Gasteiger partial charge in [0.15, 0.2) is 0 Å². The fraction of sp³-hybridized carbons (Fsp3) is 0.500. The van der Waals surface area contributed by atoms with Crippen molar-refractivity contribution < 1.29 is 4.74 Å². The van der Waals surface area contributed by atoms with Gasteiger partial charge in [0, 0.05) is 18.0 Å². The first kappa shape index (κ1) is 8.35. The van der Waals surface area contributed by atoms with E-state index < -0.39 is 0 Å². The van der Waals surface area contributed by atoms with Gasteiger partial charge >= 0.3 is 0 Å². The molecule has 0 aliphatic carbocycles. The molecule has 2 heterocycles. The third-order valence-electron chi connectivity index (χ3n) is 2.44. The van der Waals surface area contributed by atoms with Crippen molar-refractivity contribution in [2.45, 2.75) is 19.3 Å². The van der Waals surface area contributed by atoms with Gasteiger partial charge in [-0.3, -0.25) is 0 Å². The number of ether oxygens (including phenoxy) is 1. The lowest BCUT2D eigenvalue weighted by atomic mass is 9.91. The molecule has 1 aromatic rings. The van der Waals surface area contributed by atoms with E-state index in [1.54, 1.807) is 7.11 Å². The number of nitrogens with zero attached hydrogens (tertiary/aromatic N) is 1. The van der Waals surface area contributed by atoms with E-state index in [2.05, 4.69) is 24.1 Å². The average molecular weight is 178 g/mol. The predicted molar refractivity (Wildman–Crippen MR) is 52.3 cm³/mol. The Kier molecular flexibility index (Phi) is 1.68. The van der Waals surface area contributed by atoms with E-state index in [4.69, 9.17) is 4.74 Å². The van der Waals surface area contributed by atoms with Gasteiger partial charge in [0.25, 0.3) is 0 Å². The van der Waals surface area contributed by atoms with E-state index in [-0.39, 0.29) is 5.41 Å². The molecule has 1 N–H and O–H groups in total. The van der Waals surface area contributed by atoms with Crippen molar-refractivity contribution >= 4 is 5.69 Å². The highest BCUT2D eigenvalue weighted by Gasteiger charge is 2.31. The minimum atomic E-state index is 0.115. The van der Waals surface area contributed by atoms with Crippen LogP contribution in [-0.4, -0.2) is 18.6 Å². The number of nitrogens with one attached hydrogen (secondary N) is 1. The lowest BCUT2D eigenvalue weighted by molar-refractivity contribution is 0.393. The molecule has 0 bridgehead atoms. The molecule has 0 amide bonds. The molecule has 1 aliphatic rings. The van der Waals surface area contributed by atoms with Crippen LogP contribution in [0.5, 0.6) is 5.88 Å². The van der Waals surface area contributed by atoms with E-state index in [9.17, 15) is 0 Å². The minimum Gasteiger partial charge on any atom is -0.481 e. The molecule has 0 radical (unpaired) electrons. The standard InChI is InChI=1S/C10H14N2O/c1-10(2)6-11-7-4-5-8(13-3)12-9(7)10/h4-5,11H,6H2,1-3H3. The van der Waals surface area contributed by atoms with Gasteiger partial charge in [-0.1, -0.05) is 13.8 Å². The molecular weight excluding hydrogens is 164 g/mol. The first-order valence-corrected chi connectivity index (χ1v) is 4.43. The number of pyridine rings is 1. The second kappa shape index (κ2) is 2.62. The van der Waals surface area contributed by atoms with Crippen molar-refractivity contribution in [3.8, 4) is 5.88 Å². The summed E-state index contributed by atoms with van der Waals surface area (Å²) < 4.78 is 5.09. The number of rotatable bonds is 1. The van der Waals surface area contributed by atoms with Crippen LogP contribution in [0.2, 0.25) is 0 Å². The number of anilines is 1. The van der Waals surface area contributed by atoms with E-state index >= 15 is 0 Å². The lowest BCUT2D eigenvalue weighted by Gasteiger charge is -2.15. The topological polar surface area (TPSA) is 34.1 Å². The zero-order valence-electron chi connectivity index (χ0n) is 8.22. The zero-order chi connectivity index (χ0) is 9.47. The van der Waals surface area contributed by atoms with Crippen LogP contribution in [0.25, 0.3) is 0 Å². The van der Waals surface area contributed by atoms with E-state index in [0.717, 1.165) is 17.9 Å². The first-order valence-electron chi connectivity index (χ1n) is 4.43. The van der Waals surface area contributed by atoms with Gasteiger partial charge in [0.1, 0.15) is 0 Å². The molecule has 0 spiro atoms. The van der Waals surface area contributed by atoms with Crippen molar-refractivity contribution in [1.82, 2.24) is 4.98 Å². The van der Waals surface area contributed by atoms with Crippen molar-refractivity contribution in [3.05, 3.63) is 17.8 Å². The Hall–Kier alpha value is -1.25. The van der Waals surface area contributed by atoms with Crippen LogP contribution in [0.4, 0.5) is 5.69 Å². The number of hydrogen-bond acceptors (Lipinski definition) is 3. The maximum Gasteiger partial charge on any atom is 0.213 e. The van der Waals surface area contributed by atoms with E-state index in [1.165, 1.54) is 0 Å². The molecule has 70 valence electrons. The molecule has 3 nitrogen and oxygen atoms in total. The highest BCUT2D eigenvalue weighted by Crippen LogP contribution is 2.35. The van der Waals surface area contributed by atoms with Crippen LogP contribution in [0.3, 0.4) is 0 Å². The Bertz CT molecular complexity index is 334. The van der Waals surface area contributed by atoms with Crippen molar-refractivity contribution in [2.75, 3.05) is 19.0 Å². The molecular formula is C10H14N2O. The van der Waals surface area contributed by atoms with Gasteiger partial charge in [-0.05, 0) is 6.07 Å². The van der Waals surface area contributed by atoms with Crippen molar-refractivity contribution in [1.29, 1.82) is 0 Å². The van der Waals surface area contributed by atoms with Gasteiger partial charge in [0.05, 0.1) is 18.5 Å². The molecule has 0 saturated heterocycles. The third-order valence-corrected chi connectivity index (χ3v) is 2.44. The summed E-state index contributed by atoms with van der Waals surface area (Å²) in [6.07, 6.45) is 0. The molecule has 3 heteroatoms. The smallest absolute Gasteiger partial charge is 0.213 e. The molecule has 0 aromatic carbocycles. The van der Waals surface area contributed by atoms with E-state index in [0.29, 0.717) is 5.88 Å². The maximum absolute atomic E-state index is 5.09. The Balaban J connectivity index is 2.50. The number of fused-ring (bicyclic) bond motifs is 1. The highest BCUT2D eigenvalue weighted by atomic mass is 16.5. The molecule has 0 atom stereocenters.